The van der Waals surface area contributed by atoms with Crippen molar-refractivity contribution >= 4 is 12.6 Å². The van der Waals surface area contributed by atoms with Crippen molar-refractivity contribution in [2.24, 2.45) is 4.99 Å². The quantitative estimate of drug-likeness (QED) is 0.508. The molecule has 1 rings (SSSR count). The van der Waals surface area contributed by atoms with E-state index in [1.807, 2.05) is 7.05 Å². The number of hydrogen-bond acceptors (Lipinski definition) is 5. The zero-order valence-corrected chi connectivity index (χ0v) is 12.9. The lowest BCUT2D eigenvalue weighted by atomic mass is 10.2. The van der Waals surface area contributed by atoms with Gasteiger partial charge >= 0.3 is 0 Å². The van der Waals surface area contributed by atoms with Crippen molar-refractivity contribution in [1.29, 1.82) is 0 Å². The molecule has 114 valence electrons. The monoisotopic (exact) mass is 282 g/mol. The molecule has 0 aromatic rings. The molecule has 6 heteroatoms. The highest BCUT2D eigenvalue weighted by molar-refractivity contribution is 5.78. The van der Waals surface area contributed by atoms with Crippen molar-refractivity contribution in [2.45, 2.75) is 38.8 Å². The van der Waals surface area contributed by atoms with Crippen LogP contribution in [0.4, 0.5) is 0 Å². The molecule has 20 heavy (non-hydrogen) atoms. The third-order valence-electron chi connectivity index (χ3n) is 3.55. The first kappa shape index (κ1) is 16.5. The maximum atomic E-state index is 11.1. The number of amides is 1. The molecule has 2 N–H and O–H groups in total. The van der Waals surface area contributed by atoms with Crippen LogP contribution >= 0.6 is 0 Å². The lowest BCUT2D eigenvalue weighted by Crippen LogP contribution is -2.39. The fraction of sp³-hybridized carbons (Fsp3) is 0.714. The molecular weight excluding hydrogens is 256 g/mol. The molecule has 1 amide bonds. The molecule has 0 unspecified atom stereocenters. The first-order valence-corrected chi connectivity index (χ1v) is 6.96. The smallest absolute Gasteiger partial charge is 0.233 e. The van der Waals surface area contributed by atoms with E-state index >= 15 is 0 Å². The van der Waals surface area contributed by atoms with Gasteiger partial charge in [-0.25, -0.2) is 4.99 Å². The number of ether oxygens (including phenoxy) is 1. The summed E-state index contributed by atoms with van der Waals surface area (Å²) in [5.74, 6) is 0.668. The van der Waals surface area contributed by atoms with Crippen LogP contribution in [-0.4, -0.2) is 56.9 Å². The number of methoxy groups -OCH3 is 1. The van der Waals surface area contributed by atoms with Crippen LogP contribution in [0.2, 0.25) is 0 Å². The molecular formula is C14H26N4O2. The van der Waals surface area contributed by atoms with Gasteiger partial charge in [-0.05, 0) is 27.0 Å². The molecule has 6 nitrogen and oxygen atoms in total. The van der Waals surface area contributed by atoms with Gasteiger partial charge in [-0.15, -0.1) is 0 Å². The molecule has 1 aliphatic rings. The van der Waals surface area contributed by atoms with Gasteiger partial charge in [0, 0.05) is 38.6 Å². The van der Waals surface area contributed by atoms with Crippen LogP contribution in [0.1, 0.15) is 26.7 Å². The van der Waals surface area contributed by atoms with E-state index in [4.69, 9.17) is 4.74 Å². The fourth-order valence-corrected chi connectivity index (χ4v) is 2.13. The molecule has 1 atom stereocenters. The third-order valence-corrected chi connectivity index (χ3v) is 3.55. The predicted octanol–water partition coefficient (Wildman–Crippen LogP) is 0.711. The van der Waals surface area contributed by atoms with Crippen LogP contribution in [-0.2, 0) is 9.53 Å². The van der Waals surface area contributed by atoms with Gasteiger partial charge in [-0.1, -0.05) is 0 Å². The van der Waals surface area contributed by atoms with Gasteiger partial charge < -0.3 is 20.3 Å². The molecule has 0 aromatic carbocycles. The first-order valence-electron chi connectivity index (χ1n) is 6.96. The van der Waals surface area contributed by atoms with Gasteiger partial charge in [0.25, 0.3) is 0 Å². The summed E-state index contributed by atoms with van der Waals surface area (Å²) in [5.41, 5.74) is 0.960. The molecule has 0 spiro atoms. The summed E-state index contributed by atoms with van der Waals surface area (Å²) < 4.78 is 5.27. The minimum absolute atomic E-state index is 0.136. The Morgan fingerprint density at radius 1 is 1.65 bits per heavy atom. The molecule has 0 bridgehead atoms. The number of carbonyl (C=O) groups excluding carboxylic acids is 1. The van der Waals surface area contributed by atoms with Crippen LogP contribution < -0.4 is 10.6 Å². The van der Waals surface area contributed by atoms with Crippen LogP contribution in [0.5, 0.6) is 0 Å². The Morgan fingerprint density at radius 3 is 2.80 bits per heavy atom. The van der Waals surface area contributed by atoms with Gasteiger partial charge in [-0.2, -0.15) is 0 Å². The summed E-state index contributed by atoms with van der Waals surface area (Å²) >= 11 is 0. The van der Waals surface area contributed by atoms with E-state index in [2.05, 4.69) is 41.1 Å². The number of likely N-dealkylation sites (N-methyl/N-ethyl adjacent to an activating group) is 1. The lowest BCUT2D eigenvalue weighted by Gasteiger charge is -2.28. The summed E-state index contributed by atoms with van der Waals surface area (Å²) in [6.07, 6.45) is 1.51. The fourth-order valence-electron chi connectivity index (χ4n) is 2.13. The van der Waals surface area contributed by atoms with Crippen LogP contribution in [0, 0.1) is 0 Å². The second-order valence-electron chi connectivity index (χ2n) is 5.25. The summed E-state index contributed by atoms with van der Waals surface area (Å²) in [6, 6.07) is 0.556. The summed E-state index contributed by atoms with van der Waals surface area (Å²) in [6.45, 7) is 9.13. The predicted molar refractivity (Wildman–Crippen MR) is 80.5 cm³/mol. The van der Waals surface area contributed by atoms with Gasteiger partial charge in [0.15, 0.2) is 0 Å². The Labute approximate surface area is 121 Å². The highest BCUT2D eigenvalue weighted by atomic mass is 16.5. The minimum atomic E-state index is 0.136. The first-order chi connectivity index (χ1) is 9.49. The number of rotatable bonds is 8. The summed E-state index contributed by atoms with van der Waals surface area (Å²) in [5, 5.41) is 6.29. The Kier molecular flexibility index (Phi) is 6.51. The highest BCUT2D eigenvalue weighted by Crippen LogP contribution is 2.13. The van der Waals surface area contributed by atoms with Gasteiger partial charge in [0.2, 0.25) is 11.8 Å². The van der Waals surface area contributed by atoms with Crippen LogP contribution in [0.15, 0.2) is 16.6 Å². The standard InChI is InChI=1S/C14H26N4O2/c1-10(2)18(4)12(14(15-3)20-5)9-16-8-11-6-7-13(19)17-11/h10-11,16H,3,6-9H2,1-2,4-5H3,(H,17,19)/b14-12+/t11-/m0/s1. The van der Waals surface area contributed by atoms with Gasteiger partial charge in [0.05, 0.1) is 12.8 Å². The second kappa shape index (κ2) is 7.89. The number of hydrogen-bond donors (Lipinski definition) is 2. The lowest BCUT2D eigenvalue weighted by molar-refractivity contribution is -0.119. The molecule has 0 saturated carbocycles. The largest absolute Gasteiger partial charge is 0.480 e. The van der Waals surface area contributed by atoms with E-state index in [0.29, 0.717) is 24.9 Å². The maximum absolute atomic E-state index is 11.1. The molecule has 1 saturated heterocycles. The topological polar surface area (TPSA) is 66.0 Å². The van der Waals surface area contributed by atoms with Crippen molar-refractivity contribution in [3.05, 3.63) is 11.6 Å². The van der Waals surface area contributed by atoms with Crippen molar-refractivity contribution in [2.75, 3.05) is 27.2 Å². The number of aliphatic imine (C=N–C) groups is 1. The van der Waals surface area contributed by atoms with E-state index in [1.54, 1.807) is 7.11 Å². The normalized spacial score (nSPS) is 19.6. The Morgan fingerprint density at radius 2 is 2.35 bits per heavy atom. The van der Waals surface area contributed by atoms with Crippen molar-refractivity contribution in [3.8, 4) is 0 Å². The average molecular weight is 282 g/mol. The zero-order valence-electron chi connectivity index (χ0n) is 12.9. The molecule has 1 aliphatic heterocycles. The number of nitrogens with one attached hydrogen (secondary N) is 2. The van der Waals surface area contributed by atoms with Gasteiger partial charge in [0.1, 0.15) is 0 Å². The average Bonchev–Trinajstić information content (AvgIpc) is 2.83. The minimum Gasteiger partial charge on any atom is -0.480 e. The van der Waals surface area contributed by atoms with Gasteiger partial charge in [-0.3, -0.25) is 4.79 Å². The van der Waals surface area contributed by atoms with Crippen molar-refractivity contribution in [3.63, 3.8) is 0 Å². The summed E-state index contributed by atoms with van der Waals surface area (Å²) in [4.78, 5) is 17.2. The van der Waals surface area contributed by atoms with Crippen LogP contribution in [0.25, 0.3) is 0 Å². The van der Waals surface area contributed by atoms with E-state index in [9.17, 15) is 4.79 Å². The Balaban J connectivity index is 2.59. The molecule has 1 fully saturated rings. The van der Waals surface area contributed by atoms with E-state index in [-0.39, 0.29) is 11.9 Å². The number of nitrogens with zero attached hydrogens (tertiary/aromatic N) is 2. The van der Waals surface area contributed by atoms with E-state index in [0.717, 1.165) is 18.7 Å². The summed E-state index contributed by atoms with van der Waals surface area (Å²) in [7, 11) is 3.60. The van der Waals surface area contributed by atoms with Crippen molar-refractivity contribution in [1.82, 2.24) is 15.5 Å². The molecule has 1 heterocycles. The maximum Gasteiger partial charge on any atom is 0.233 e. The van der Waals surface area contributed by atoms with E-state index < -0.39 is 0 Å². The second-order valence-corrected chi connectivity index (χ2v) is 5.25. The number of carbonyl (C=O) groups is 1. The SMILES string of the molecule is C=N/C(OC)=C(/CNC[C@@H]1CCC(=O)N1)N(C)C(C)C. The Hall–Kier alpha value is -1.56. The van der Waals surface area contributed by atoms with E-state index in [1.165, 1.54) is 0 Å². The zero-order chi connectivity index (χ0) is 15.1. The highest BCUT2D eigenvalue weighted by Gasteiger charge is 2.21. The molecule has 0 radical (unpaired) electrons. The van der Waals surface area contributed by atoms with Crippen LogP contribution in [0.3, 0.4) is 0 Å². The van der Waals surface area contributed by atoms with Crippen molar-refractivity contribution < 1.29 is 9.53 Å². The Bertz CT molecular complexity index is 379. The third kappa shape index (κ3) is 4.52. The molecule has 0 aromatic heterocycles. The molecule has 0 aliphatic carbocycles.